The number of fused-ring (bicyclic) bond motifs is 1. The lowest BCUT2D eigenvalue weighted by molar-refractivity contribution is -0.001000. The van der Waals surface area contributed by atoms with Crippen LogP contribution in [0.5, 0.6) is 0 Å². The van der Waals surface area contributed by atoms with Crippen LogP contribution in [0.1, 0.15) is 24.7 Å². The standard InChI is InChI=1S/C11H13N3.2ClH/c1-2-5-9-8(4-1)13-11(14-9)10-6-3-7-12-10;;/h1-2,4-5,10,12H,3,6-7H2,(H,13,14);2*1H/p-2. The van der Waals surface area contributed by atoms with Gasteiger partial charge in [-0.2, -0.15) is 0 Å². The van der Waals surface area contributed by atoms with Crippen LogP contribution >= 0.6 is 0 Å². The van der Waals surface area contributed by atoms with Crippen LogP contribution < -0.4 is 30.1 Å². The minimum atomic E-state index is 0. The van der Waals surface area contributed by atoms with Gasteiger partial charge in [-0.25, -0.2) is 4.98 Å². The number of nitrogens with zero attached hydrogens (tertiary/aromatic N) is 1. The van der Waals surface area contributed by atoms with Gasteiger partial charge in [-0.1, -0.05) is 12.1 Å². The van der Waals surface area contributed by atoms with Crippen LogP contribution in [0, 0.1) is 0 Å². The van der Waals surface area contributed by atoms with Gasteiger partial charge in [-0.3, -0.25) is 0 Å². The third-order valence-corrected chi connectivity index (χ3v) is 2.80. The van der Waals surface area contributed by atoms with Crippen molar-refractivity contribution < 1.29 is 24.8 Å². The quantitative estimate of drug-likeness (QED) is 0.547. The zero-order valence-corrected chi connectivity index (χ0v) is 10.2. The van der Waals surface area contributed by atoms with Crippen molar-refractivity contribution in [1.82, 2.24) is 15.3 Å². The monoisotopic (exact) mass is 257 g/mol. The smallest absolute Gasteiger partial charge is 0.124 e. The molecule has 1 unspecified atom stereocenters. The Morgan fingerprint density at radius 3 is 2.69 bits per heavy atom. The molecule has 0 saturated carbocycles. The minimum absolute atomic E-state index is 0. The summed E-state index contributed by atoms with van der Waals surface area (Å²) in [5.41, 5.74) is 2.20. The van der Waals surface area contributed by atoms with E-state index in [4.69, 9.17) is 0 Å². The molecular formula is C11H13Cl2N3-2. The topological polar surface area (TPSA) is 40.7 Å². The first-order valence-corrected chi connectivity index (χ1v) is 5.11. The number of halogens is 2. The molecule has 3 rings (SSSR count). The Balaban J connectivity index is 0.000000640. The summed E-state index contributed by atoms with van der Waals surface area (Å²) in [5.74, 6) is 1.09. The number of aromatic nitrogens is 2. The van der Waals surface area contributed by atoms with Crippen molar-refractivity contribution in [3.63, 3.8) is 0 Å². The second-order valence-corrected chi connectivity index (χ2v) is 3.79. The first-order valence-electron chi connectivity index (χ1n) is 5.11. The summed E-state index contributed by atoms with van der Waals surface area (Å²) in [6.45, 7) is 1.11. The van der Waals surface area contributed by atoms with Gasteiger partial charge in [0, 0.05) is 0 Å². The van der Waals surface area contributed by atoms with Crippen molar-refractivity contribution in [2.75, 3.05) is 6.54 Å². The van der Waals surface area contributed by atoms with Crippen molar-refractivity contribution in [3.8, 4) is 0 Å². The molecule has 2 aromatic rings. The van der Waals surface area contributed by atoms with Crippen molar-refractivity contribution in [3.05, 3.63) is 30.1 Å². The number of hydrogen-bond donors (Lipinski definition) is 2. The van der Waals surface area contributed by atoms with Gasteiger partial charge in [0.1, 0.15) is 5.82 Å². The summed E-state index contributed by atoms with van der Waals surface area (Å²) in [4.78, 5) is 7.94. The van der Waals surface area contributed by atoms with Gasteiger partial charge in [0.2, 0.25) is 0 Å². The molecule has 1 saturated heterocycles. The number of H-pyrrole nitrogens is 1. The van der Waals surface area contributed by atoms with Crippen molar-refractivity contribution >= 4 is 11.0 Å². The molecule has 0 amide bonds. The summed E-state index contributed by atoms with van der Waals surface area (Å²) in [6.07, 6.45) is 2.45. The van der Waals surface area contributed by atoms with Gasteiger partial charge in [0.05, 0.1) is 17.1 Å². The zero-order valence-electron chi connectivity index (χ0n) is 8.71. The molecule has 0 radical (unpaired) electrons. The predicted octanol–water partition coefficient (Wildman–Crippen LogP) is -4.00. The Morgan fingerprint density at radius 2 is 2.00 bits per heavy atom. The third-order valence-electron chi connectivity index (χ3n) is 2.80. The van der Waals surface area contributed by atoms with E-state index in [2.05, 4.69) is 21.4 Å². The molecule has 1 atom stereocenters. The molecule has 2 N–H and O–H groups in total. The highest BCUT2D eigenvalue weighted by Crippen LogP contribution is 2.22. The molecule has 3 nitrogen and oxygen atoms in total. The van der Waals surface area contributed by atoms with E-state index in [0.717, 1.165) is 23.4 Å². The fourth-order valence-electron chi connectivity index (χ4n) is 2.06. The van der Waals surface area contributed by atoms with E-state index in [0.29, 0.717) is 6.04 Å². The highest BCUT2D eigenvalue weighted by Gasteiger charge is 2.18. The van der Waals surface area contributed by atoms with E-state index >= 15 is 0 Å². The number of benzene rings is 1. The number of imidazole rings is 1. The average Bonchev–Trinajstić information content (AvgIpc) is 2.86. The van der Waals surface area contributed by atoms with Gasteiger partial charge in [0.15, 0.2) is 0 Å². The Hall–Kier alpha value is -0.770. The van der Waals surface area contributed by atoms with E-state index in [1.54, 1.807) is 0 Å². The molecule has 0 aliphatic carbocycles. The van der Waals surface area contributed by atoms with Crippen LogP contribution in [0.2, 0.25) is 0 Å². The van der Waals surface area contributed by atoms with Crippen LogP contribution in [0.3, 0.4) is 0 Å². The molecule has 2 heterocycles. The fourth-order valence-corrected chi connectivity index (χ4v) is 2.06. The van der Waals surface area contributed by atoms with E-state index in [9.17, 15) is 0 Å². The van der Waals surface area contributed by atoms with E-state index in [1.165, 1.54) is 12.8 Å². The van der Waals surface area contributed by atoms with Crippen LogP contribution in [-0.4, -0.2) is 16.5 Å². The van der Waals surface area contributed by atoms with Crippen molar-refractivity contribution in [2.24, 2.45) is 0 Å². The van der Waals surface area contributed by atoms with Crippen LogP contribution in [-0.2, 0) is 0 Å². The average molecular weight is 258 g/mol. The summed E-state index contributed by atoms with van der Waals surface area (Å²) < 4.78 is 0. The summed E-state index contributed by atoms with van der Waals surface area (Å²) in [6, 6.07) is 8.61. The normalized spacial score (nSPS) is 19.1. The molecular weight excluding hydrogens is 245 g/mol. The lowest BCUT2D eigenvalue weighted by Gasteiger charge is -2.04. The van der Waals surface area contributed by atoms with Gasteiger partial charge in [-0.15, -0.1) is 0 Å². The highest BCUT2D eigenvalue weighted by molar-refractivity contribution is 5.74. The van der Waals surface area contributed by atoms with Gasteiger partial charge < -0.3 is 35.1 Å². The summed E-state index contributed by atoms with van der Waals surface area (Å²) >= 11 is 0. The molecule has 5 heteroatoms. The van der Waals surface area contributed by atoms with Gasteiger partial charge in [0.25, 0.3) is 0 Å². The number of nitrogens with one attached hydrogen (secondary N) is 2. The number of para-hydroxylation sites is 2. The number of rotatable bonds is 1. The molecule has 1 aromatic carbocycles. The Kier molecular flexibility index (Phi) is 4.59. The van der Waals surface area contributed by atoms with Crippen molar-refractivity contribution in [1.29, 1.82) is 0 Å². The molecule has 0 bridgehead atoms. The van der Waals surface area contributed by atoms with Crippen molar-refractivity contribution in [2.45, 2.75) is 18.9 Å². The Bertz CT molecular complexity index is 416. The van der Waals surface area contributed by atoms with E-state index in [1.807, 2.05) is 18.2 Å². The minimum Gasteiger partial charge on any atom is -1.00 e. The zero-order chi connectivity index (χ0) is 9.38. The molecule has 88 valence electrons. The fraction of sp³-hybridized carbons (Fsp3) is 0.364. The molecule has 1 fully saturated rings. The second-order valence-electron chi connectivity index (χ2n) is 3.79. The molecule has 1 aliphatic heterocycles. The number of hydrogen-bond acceptors (Lipinski definition) is 2. The highest BCUT2D eigenvalue weighted by atomic mass is 35.5. The largest absolute Gasteiger partial charge is 1.00 e. The molecule has 16 heavy (non-hydrogen) atoms. The Labute approximate surface area is 107 Å². The Morgan fingerprint density at radius 1 is 1.19 bits per heavy atom. The third kappa shape index (κ3) is 2.32. The van der Waals surface area contributed by atoms with Crippen LogP contribution in [0.25, 0.3) is 11.0 Å². The SMILES string of the molecule is [Cl-].[Cl-].c1ccc2[nH]c(C3CCCN3)nc2c1. The first kappa shape index (κ1) is 13.3. The first-order chi connectivity index (χ1) is 6.93. The maximum atomic E-state index is 4.58. The summed E-state index contributed by atoms with van der Waals surface area (Å²) in [7, 11) is 0. The van der Waals surface area contributed by atoms with Crippen LogP contribution in [0.4, 0.5) is 0 Å². The second kappa shape index (κ2) is 5.53. The molecule has 1 aliphatic rings. The van der Waals surface area contributed by atoms with E-state index in [-0.39, 0.29) is 24.8 Å². The summed E-state index contributed by atoms with van der Waals surface area (Å²) in [5, 5.41) is 3.44. The lowest BCUT2D eigenvalue weighted by Crippen LogP contribution is -3.00. The molecule has 0 spiro atoms. The number of aromatic amines is 1. The maximum absolute atomic E-state index is 4.58. The molecule has 1 aromatic heterocycles. The maximum Gasteiger partial charge on any atom is 0.124 e. The predicted molar refractivity (Wildman–Crippen MR) is 56.1 cm³/mol. The van der Waals surface area contributed by atoms with Crippen LogP contribution in [0.15, 0.2) is 24.3 Å². The van der Waals surface area contributed by atoms with Gasteiger partial charge in [-0.05, 0) is 31.5 Å². The van der Waals surface area contributed by atoms with Gasteiger partial charge >= 0.3 is 0 Å². The van der Waals surface area contributed by atoms with E-state index < -0.39 is 0 Å². The lowest BCUT2D eigenvalue weighted by atomic mass is 10.2.